The molecule has 0 atom stereocenters. The summed E-state index contributed by atoms with van der Waals surface area (Å²) >= 11 is 18.5. The predicted octanol–water partition coefficient (Wildman–Crippen LogP) is 3.50. The number of carbonyl (C=O) groups excluding carboxylic acids is 2. The van der Waals surface area contributed by atoms with Gasteiger partial charge < -0.3 is 5.32 Å². The van der Waals surface area contributed by atoms with Crippen molar-refractivity contribution in [1.82, 2.24) is 10.2 Å². The second kappa shape index (κ2) is 7.97. The molecule has 0 aliphatic carbocycles. The molecule has 0 radical (unpaired) electrons. The Kier molecular flexibility index (Phi) is 6.24. The number of nitrogens with one attached hydrogen (secondary N) is 1. The highest BCUT2D eigenvalue weighted by Crippen LogP contribution is 2.35. The summed E-state index contributed by atoms with van der Waals surface area (Å²) in [5, 5.41) is 3.47. The van der Waals surface area contributed by atoms with Crippen LogP contribution in [0.4, 0.5) is 0 Å². The number of benzene rings is 1. The summed E-state index contributed by atoms with van der Waals surface area (Å²) in [6.07, 6.45) is 3.15. The van der Waals surface area contributed by atoms with Gasteiger partial charge in [0.1, 0.15) is 10.9 Å². The molecule has 1 N–H and O–H groups in total. The van der Waals surface area contributed by atoms with E-state index in [4.69, 9.17) is 35.4 Å². The molecule has 0 unspecified atom stereocenters. The fraction of sp³-hybridized carbons (Fsp3) is 0.133. The Morgan fingerprint density at radius 2 is 2.04 bits per heavy atom. The monoisotopic (exact) mass is 386 g/mol. The molecule has 8 heteroatoms. The molecule has 1 fully saturated rings. The number of hydrogen-bond acceptors (Lipinski definition) is 4. The van der Waals surface area contributed by atoms with Gasteiger partial charge in [0.2, 0.25) is 5.91 Å². The Morgan fingerprint density at radius 3 is 2.65 bits per heavy atom. The minimum atomic E-state index is -0.343. The number of hydrogen-bond donors (Lipinski definition) is 1. The van der Waals surface area contributed by atoms with Crippen LogP contribution in [0.25, 0.3) is 6.08 Å². The van der Waals surface area contributed by atoms with Gasteiger partial charge in [0, 0.05) is 22.2 Å². The summed E-state index contributed by atoms with van der Waals surface area (Å²) < 4.78 is 0.318. The number of amides is 2. The normalized spacial score (nSPS) is 16.1. The number of carbonyl (C=O) groups is 2. The van der Waals surface area contributed by atoms with Gasteiger partial charge in [-0.25, -0.2) is 0 Å². The van der Waals surface area contributed by atoms with Crippen LogP contribution < -0.4 is 5.32 Å². The van der Waals surface area contributed by atoms with Crippen LogP contribution in [0.5, 0.6) is 0 Å². The summed E-state index contributed by atoms with van der Waals surface area (Å²) in [5.74, 6) is -0.650. The molecule has 1 aromatic carbocycles. The summed E-state index contributed by atoms with van der Waals surface area (Å²) in [7, 11) is 0. The zero-order valence-electron chi connectivity index (χ0n) is 11.8. The topological polar surface area (TPSA) is 49.4 Å². The van der Waals surface area contributed by atoms with Gasteiger partial charge in [-0.2, -0.15) is 0 Å². The molecule has 1 heterocycles. The molecule has 23 heavy (non-hydrogen) atoms. The van der Waals surface area contributed by atoms with Crippen molar-refractivity contribution >= 4 is 69.4 Å². The standard InChI is InChI=1S/C15H12Cl2N2O2S2/c1-2-6-18-13(20)8-19-14(21)12(23-15(19)22)7-9-10(16)4-3-5-11(9)17/h2-5,7H,1,6,8H2,(H,18,20)/b12-7-. The van der Waals surface area contributed by atoms with Crippen LogP contribution in [-0.4, -0.2) is 34.1 Å². The van der Waals surface area contributed by atoms with Gasteiger partial charge >= 0.3 is 0 Å². The van der Waals surface area contributed by atoms with Crippen LogP contribution >= 0.6 is 47.2 Å². The largest absolute Gasteiger partial charge is 0.351 e. The van der Waals surface area contributed by atoms with E-state index in [0.29, 0.717) is 31.4 Å². The average molecular weight is 387 g/mol. The van der Waals surface area contributed by atoms with Crippen LogP contribution in [0.2, 0.25) is 10.0 Å². The number of nitrogens with zero attached hydrogens (tertiary/aromatic N) is 1. The van der Waals surface area contributed by atoms with Crippen LogP contribution in [0.15, 0.2) is 35.8 Å². The first-order valence-corrected chi connectivity index (χ1v) is 8.49. The molecule has 2 amide bonds. The van der Waals surface area contributed by atoms with E-state index in [2.05, 4.69) is 11.9 Å². The summed E-state index contributed by atoms with van der Waals surface area (Å²) in [5.41, 5.74) is 0.549. The number of thioether (sulfide) groups is 1. The highest BCUT2D eigenvalue weighted by Gasteiger charge is 2.33. The van der Waals surface area contributed by atoms with Crippen molar-refractivity contribution in [1.29, 1.82) is 0 Å². The molecule has 1 aliphatic heterocycles. The Labute approximate surface area is 153 Å². The summed E-state index contributed by atoms with van der Waals surface area (Å²) in [6, 6.07) is 5.09. The highest BCUT2D eigenvalue weighted by molar-refractivity contribution is 8.26. The minimum absolute atomic E-state index is 0.133. The summed E-state index contributed by atoms with van der Waals surface area (Å²) in [4.78, 5) is 25.8. The Balaban J connectivity index is 2.19. The molecule has 1 aliphatic rings. The average Bonchev–Trinajstić information content (AvgIpc) is 2.76. The third-order valence-electron chi connectivity index (χ3n) is 2.89. The molecule has 0 saturated carbocycles. The van der Waals surface area contributed by atoms with Crippen molar-refractivity contribution < 1.29 is 9.59 Å². The number of rotatable bonds is 5. The lowest BCUT2D eigenvalue weighted by Crippen LogP contribution is -2.39. The van der Waals surface area contributed by atoms with E-state index in [1.165, 1.54) is 4.90 Å². The van der Waals surface area contributed by atoms with E-state index in [1.54, 1.807) is 30.4 Å². The molecule has 1 aromatic rings. The van der Waals surface area contributed by atoms with E-state index < -0.39 is 0 Å². The molecular weight excluding hydrogens is 375 g/mol. The Morgan fingerprint density at radius 1 is 1.39 bits per heavy atom. The van der Waals surface area contributed by atoms with E-state index in [1.807, 2.05) is 0 Å². The molecule has 2 rings (SSSR count). The first-order valence-electron chi connectivity index (χ1n) is 6.51. The van der Waals surface area contributed by atoms with Gasteiger partial charge in [-0.15, -0.1) is 6.58 Å². The third kappa shape index (κ3) is 4.35. The van der Waals surface area contributed by atoms with E-state index in [9.17, 15) is 9.59 Å². The highest BCUT2D eigenvalue weighted by atomic mass is 35.5. The van der Waals surface area contributed by atoms with Gasteiger partial charge in [0.15, 0.2) is 0 Å². The van der Waals surface area contributed by atoms with Crippen LogP contribution in [-0.2, 0) is 9.59 Å². The van der Waals surface area contributed by atoms with Gasteiger partial charge in [0.05, 0.1) is 4.91 Å². The summed E-state index contributed by atoms with van der Waals surface area (Å²) in [6.45, 7) is 3.71. The molecule has 0 bridgehead atoms. The van der Waals surface area contributed by atoms with Gasteiger partial charge in [0.25, 0.3) is 5.91 Å². The number of thiocarbonyl (C=S) groups is 1. The minimum Gasteiger partial charge on any atom is -0.351 e. The Hall–Kier alpha value is -1.34. The van der Waals surface area contributed by atoms with E-state index in [-0.39, 0.29) is 18.4 Å². The van der Waals surface area contributed by atoms with Crippen LogP contribution in [0.1, 0.15) is 5.56 Å². The fourth-order valence-electron chi connectivity index (χ4n) is 1.80. The lowest BCUT2D eigenvalue weighted by Gasteiger charge is -2.13. The molecular formula is C15H12Cl2N2O2S2. The van der Waals surface area contributed by atoms with Crippen molar-refractivity contribution in [2.24, 2.45) is 0 Å². The molecule has 0 spiro atoms. The lowest BCUT2D eigenvalue weighted by atomic mass is 10.2. The quantitative estimate of drug-likeness (QED) is 0.477. The molecule has 4 nitrogen and oxygen atoms in total. The lowest BCUT2D eigenvalue weighted by molar-refractivity contribution is -0.128. The second-order valence-electron chi connectivity index (χ2n) is 4.50. The fourth-order valence-corrected chi connectivity index (χ4v) is 3.54. The van der Waals surface area contributed by atoms with E-state index in [0.717, 1.165) is 11.8 Å². The number of halogens is 2. The molecule has 0 aromatic heterocycles. The predicted molar refractivity (Wildman–Crippen MR) is 99.5 cm³/mol. The maximum Gasteiger partial charge on any atom is 0.266 e. The maximum absolute atomic E-state index is 12.4. The first-order chi connectivity index (χ1) is 10.9. The second-order valence-corrected chi connectivity index (χ2v) is 6.99. The van der Waals surface area contributed by atoms with Gasteiger partial charge in [-0.1, -0.05) is 59.3 Å². The smallest absolute Gasteiger partial charge is 0.266 e. The third-order valence-corrected chi connectivity index (χ3v) is 4.93. The van der Waals surface area contributed by atoms with Gasteiger partial charge in [-0.05, 0) is 18.2 Å². The molecule has 120 valence electrons. The SMILES string of the molecule is C=CCNC(=O)CN1C(=O)/C(=C/c2c(Cl)cccc2Cl)SC1=S. The van der Waals surface area contributed by atoms with Crippen molar-refractivity contribution in [2.45, 2.75) is 0 Å². The van der Waals surface area contributed by atoms with Crippen molar-refractivity contribution in [3.63, 3.8) is 0 Å². The maximum atomic E-state index is 12.4. The van der Waals surface area contributed by atoms with Crippen molar-refractivity contribution in [2.75, 3.05) is 13.1 Å². The van der Waals surface area contributed by atoms with Crippen LogP contribution in [0.3, 0.4) is 0 Å². The zero-order chi connectivity index (χ0) is 17.0. The van der Waals surface area contributed by atoms with E-state index >= 15 is 0 Å². The zero-order valence-corrected chi connectivity index (χ0v) is 15.0. The van der Waals surface area contributed by atoms with Crippen molar-refractivity contribution in [3.8, 4) is 0 Å². The van der Waals surface area contributed by atoms with Crippen molar-refractivity contribution in [3.05, 3.63) is 51.4 Å². The van der Waals surface area contributed by atoms with Crippen LogP contribution in [0, 0.1) is 0 Å². The molecule has 1 saturated heterocycles. The van der Waals surface area contributed by atoms with Gasteiger partial charge in [-0.3, -0.25) is 14.5 Å². The Bertz CT molecular complexity index is 699. The first kappa shape index (κ1) is 18.0.